The Morgan fingerprint density at radius 1 is 1.00 bits per heavy atom. The number of rotatable bonds is 0. The predicted octanol–water partition coefficient (Wildman–Crippen LogP) is 1.71. The summed E-state index contributed by atoms with van der Waals surface area (Å²) in [7, 11) is 4.24. The Labute approximate surface area is 69.5 Å². The van der Waals surface area contributed by atoms with Crippen molar-refractivity contribution in [2.45, 2.75) is 26.9 Å². The Balaban J connectivity index is 2.74. The van der Waals surface area contributed by atoms with Crippen LogP contribution in [0.3, 0.4) is 0 Å². The third-order valence-corrected chi connectivity index (χ3v) is 2.08. The van der Waals surface area contributed by atoms with Gasteiger partial charge in [0.15, 0.2) is 0 Å². The molecule has 0 atom stereocenters. The van der Waals surface area contributed by atoms with E-state index in [0.717, 1.165) is 0 Å². The van der Waals surface area contributed by atoms with Crippen molar-refractivity contribution in [2.75, 3.05) is 14.1 Å². The molecule has 1 aliphatic heterocycles. The van der Waals surface area contributed by atoms with Crippen molar-refractivity contribution in [3.63, 3.8) is 0 Å². The highest BCUT2D eigenvalue weighted by Crippen LogP contribution is 2.29. The molecule has 1 rings (SSSR count). The quantitative estimate of drug-likeness (QED) is 0.524. The summed E-state index contributed by atoms with van der Waals surface area (Å²) in [4.78, 5) is 4.50. The lowest BCUT2D eigenvalue weighted by Gasteiger charge is -2.38. The second-order valence-corrected chi connectivity index (χ2v) is 4.37. The highest BCUT2D eigenvalue weighted by atomic mass is 15.4. The summed E-state index contributed by atoms with van der Waals surface area (Å²) in [5.41, 5.74) is 0.312. The Bertz CT molecular complexity index is 155. The highest BCUT2D eigenvalue weighted by molar-refractivity contribution is 4.98. The zero-order valence-corrected chi connectivity index (χ0v) is 8.13. The van der Waals surface area contributed by atoms with E-state index in [1.807, 2.05) is 0 Å². The molecule has 0 aromatic heterocycles. The normalized spacial score (nSPS) is 20.1. The van der Waals surface area contributed by atoms with Crippen LogP contribution in [0.2, 0.25) is 0 Å². The molecule has 0 N–H and O–H groups in total. The molecule has 0 unspecified atom stereocenters. The van der Waals surface area contributed by atoms with Crippen LogP contribution in [0.4, 0.5) is 0 Å². The summed E-state index contributed by atoms with van der Waals surface area (Å²) < 4.78 is 0. The summed E-state index contributed by atoms with van der Waals surface area (Å²) in [6.07, 6.45) is 4.74. The molecule has 1 heterocycles. The third kappa shape index (κ3) is 1.50. The van der Waals surface area contributed by atoms with E-state index >= 15 is 0 Å². The van der Waals surface area contributed by atoms with Gasteiger partial charge in [0.05, 0.1) is 0 Å². The van der Waals surface area contributed by atoms with Crippen molar-refractivity contribution in [3.8, 4) is 0 Å². The fraction of sp³-hybridized carbons (Fsp3) is 0.778. The van der Waals surface area contributed by atoms with Crippen molar-refractivity contribution in [1.82, 2.24) is 9.80 Å². The second-order valence-electron chi connectivity index (χ2n) is 4.37. The monoisotopic (exact) mass is 154 g/mol. The fourth-order valence-corrected chi connectivity index (χ4v) is 1.88. The molecule has 1 aliphatic rings. The summed E-state index contributed by atoms with van der Waals surface area (Å²) in [5, 5.41) is 0. The Kier molecular flexibility index (Phi) is 1.87. The molecule has 0 bridgehead atoms. The van der Waals surface area contributed by atoms with Crippen LogP contribution in [-0.4, -0.2) is 30.1 Å². The summed E-state index contributed by atoms with van der Waals surface area (Å²) >= 11 is 0. The first-order chi connectivity index (χ1) is 4.93. The average molecular weight is 154 g/mol. The van der Waals surface area contributed by atoms with Crippen LogP contribution < -0.4 is 0 Å². The van der Waals surface area contributed by atoms with Gasteiger partial charge in [-0.1, -0.05) is 20.8 Å². The maximum Gasteiger partial charge on any atom is 0.105 e. The van der Waals surface area contributed by atoms with Gasteiger partial charge in [-0.05, 0) is 0 Å². The van der Waals surface area contributed by atoms with E-state index in [2.05, 4.69) is 57.1 Å². The van der Waals surface area contributed by atoms with Gasteiger partial charge in [0, 0.05) is 31.9 Å². The van der Waals surface area contributed by atoms with Gasteiger partial charge in [-0.3, -0.25) is 0 Å². The molecule has 0 aliphatic carbocycles. The average Bonchev–Trinajstić information content (AvgIpc) is 2.08. The van der Waals surface area contributed by atoms with Gasteiger partial charge in [0.25, 0.3) is 0 Å². The molecule has 11 heavy (non-hydrogen) atoms. The largest absolute Gasteiger partial charge is 0.359 e. The molecule has 2 heteroatoms. The molecule has 0 radical (unpaired) electrons. The van der Waals surface area contributed by atoms with Crippen LogP contribution in [0.1, 0.15) is 20.8 Å². The lowest BCUT2D eigenvalue weighted by molar-refractivity contribution is 0.0825. The van der Waals surface area contributed by atoms with E-state index in [4.69, 9.17) is 0 Å². The molecule has 64 valence electrons. The van der Waals surface area contributed by atoms with Crippen LogP contribution in [0.5, 0.6) is 0 Å². The van der Waals surface area contributed by atoms with Crippen molar-refractivity contribution in [2.24, 2.45) is 5.41 Å². The van der Waals surface area contributed by atoms with E-state index in [0.29, 0.717) is 11.6 Å². The number of nitrogens with zero attached hydrogens (tertiary/aromatic N) is 2. The Morgan fingerprint density at radius 2 is 1.36 bits per heavy atom. The SMILES string of the molecule is CN1C=CN(C)C1C(C)(C)C. The zero-order valence-electron chi connectivity index (χ0n) is 8.13. The first kappa shape index (κ1) is 8.44. The van der Waals surface area contributed by atoms with Gasteiger partial charge in [-0.15, -0.1) is 0 Å². The molecular weight excluding hydrogens is 136 g/mol. The summed E-state index contributed by atoms with van der Waals surface area (Å²) in [6.45, 7) is 6.78. The van der Waals surface area contributed by atoms with Crippen LogP contribution in [0.25, 0.3) is 0 Å². The first-order valence-electron chi connectivity index (χ1n) is 4.05. The fourth-order valence-electron chi connectivity index (χ4n) is 1.88. The number of hydrogen-bond acceptors (Lipinski definition) is 2. The third-order valence-electron chi connectivity index (χ3n) is 2.08. The van der Waals surface area contributed by atoms with Crippen molar-refractivity contribution in [3.05, 3.63) is 12.4 Å². The first-order valence-corrected chi connectivity index (χ1v) is 4.05. The Hall–Kier alpha value is -0.660. The molecule has 0 fully saturated rings. The van der Waals surface area contributed by atoms with Crippen LogP contribution >= 0.6 is 0 Å². The smallest absolute Gasteiger partial charge is 0.105 e. The lowest BCUT2D eigenvalue weighted by Crippen LogP contribution is -2.44. The molecular formula is C9H18N2. The standard InChI is InChI=1S/C9H18N2/c1-9(2,3)8-10(4)6-7-11(8)5/h6-8H,1-5H3. The van der Waals surface area contributed by atoms with Gasteiger partial charge >= 0.3 is 0 Å². The minimum Gasteiger partial charge on any atom is -0.359 e. The van der Waals surface area contributed by atoms with E-state index < -0.39 is 0 Å². The van der Waals surface area contributed by atoms with Crippen LogP contribution in [0, 0.1) is 5.41 Å². The molecule has 0 amide bonds. The van der Waals surface area contributed by atoms with Crippen molar-refractivity contribution < 1.29 is 0 Å². The molecule has 0 saturated carbocycles. The topological polar surface area (TPSA) is 6.48 Å². The molecule has 0 saturated heterocycles. The maximum absolute atomic E-state index is 2.26. The van der Waals surface area contributed by atoms with E-state index in [9.17, 15) is 0 Å². The highest BCUT2D eigenvalue weighted by Gasteiger charge is 2.32. The number of hydrogen-bond donors (Lipinski definition) is 0. The van der Waals surface area contributed by atoms with E-state index in [1.165, 1.54) is 0 Å². The maximum atomic E-state index is 2.26. The van der Waals surface area contributed by atoms with Gasteiger partial charge in [0.2, 0.25) is 0 Å². The van der Waals surface area contributed by atoms with Gasteiger partial charge in [0.1, 0.15) is 6.17 Å². The van der Waals surface area contributed by atoms with Gasteiger partial charge in [-0.25, -0.2) is 0 Å². The zero-order chi connectivity index (χ0) is 8.65. The molecule has 0 aromatic rings. The second kappa shape index (κ2) is 2.43. The summed E-state index contributed by atoms with van der Waals surface area (Å²) in [6, 6.07) is 0. The molecule has 0 aromatic carbocycles. The van der Waals surface area contributed by atoms with E-state index in [-0.39, 0.29) is 0 Å². The summed E-state index contributed by atoms with van der Waals surface area (Å²) in [5.74, 6) is 0. The van der Waals surface area contributed by atoms with Crippen molar-refractivity contribution >= 4 is 0 Å². The predicted molar refractivity (Wildman–Crippen MR) is 47.9 cm³/mol. The minimum atomic E-state index is 0.312. The molecule has 0 spiro atoms. The molecule has 2 nitrogen and oxygen atoms in total. The van der Waals surface area contributed by atoms with Crippen molar-refractivity contribution in [1.29, 1.82) is 0 Å². The van der Waals surface area contributed by atoms with E-state index in [1.54, 1.807) is 0 Å². The van der Waals surface area contributed by atoms with Gasteiger partial charge < -0.3 is 9.80 Å². The minimum absolute atomic E-state index is 0.312. The van der Waals surface area contributed by atoms with Crippen LogP contribution in [0.15, 0.2) is 12.4 Å². The van der Waals surface area contributed by atoms with Crippen LogP contribution in [-0.2, 0) is 0 Å². The Morgan fingerprint density at radius 3 is 1.55 bits per heavy atom. The van der Waals surface area contributed by atoms with Gasteiger partial charge in [-0.2, -0.15) is 0 Å². The lowest BCUT2D eigenvalue weighted by atomic mass is 9.91.